The average Bonchev–Trinajstić information content (AvgIpc) is 2.53. The molecule has 0 amide bonds. The minimum Gasteiger partial charge on any atom is -0.392 e. The quantitative estimate of drug-likeness (QED) is 0.756. The normalized spacial score (nSPS) is 33.2. The maximum absolute atomic E-state index is 10.1. The fourth-order valence-corrected chi connectivity index (χ4v) is 3.19. The average molecular weight is 202 g/mol. The Balaban J connectivity index is 2.41. The minimum absolute atomic E-state index is 0.102. The van der Waals surface area contributed by atoms with Gasteiger partial charge in [0.05, 0.1) is 6.10 Å². The first-order chi connectivity index (χ1) is 6.08. The van der Waals surface area contributed by atoms with Crippen molar-refractivity contribution in [2.45, 2.75) is 57.3 Å². The molecular weight excluding hydrogens is 180 g/mol. The Morgan fingerprint density at radius 1 is 1.54 bits per heavy atom. The summed E-state index contributed by atoms with van der Waals surface area (Å²) in [6.45, 7) is 6.64. The van der Waals surface area contributed by atoms with Gasteiger partial charge in [-0.2, -0.15) is 11.8 Å². The molecule has 3 atom stereocenters. The summed E-state index contributed by atoms with van der Waals surface area (Å²) in [5, 5.41) is 10.1. The first kappa shape index (κ1) is 11.4. The van der Waals surface area contributed by atoms with Crippen LogP contribution in [-0.4, -0.2) is 21.7 Å². The number of hydrogen-bond donors (Lipinski definition) is 1. The second kappa shape index (κ2) is 4.70. The monoisotopic (exact) mass is 202 g/mol. The van der Waals surface area contributed by atoms with Gasteiger partial charge in [0.25, 0.3) is 0 Å². The second-order valence-electron chi connectivity index (χ2n) is 4.53. The lowest BCUT2D eigenvalue weighted by atomic mass is 9.90. The van der Waals surface area contributed by atoms with E-state index in [1.165, 1.54) is 25.0 Å². The summed E-state index contributed by atoms with van der Waals surface area (Å²) in [5.74, 6) is 1.89. The van der Waals surface area contributed by atoms with Crippen LogP contribution in [0.25, 0.3) is 0 Å². The molecule has 0 radical (unpaired) electrons. The molecule has 1 saturated heterocycles. The van der Waals surface area contributed by atoms with E-state index in [-0.39, 0.29) is 10.9 Å². The van der Waals surface area contributed by atoms with E-state index in [0.29, 0.717) is 5.92 Å². The molecular formula is C11H22OS. The van der Waals surface area contributed by atoms with Gasteiger partial charge in [0.2, 0.25) is 0 Å². The van der Waals surface area contributed by atoms with Crippen LogP contribution in [0.4, 0.5) is 0 Å². The van der Waals surface area contributed by atoms with Crippen LogP contribution in [0, 0.1) is 5.92 Å². The maximum atomic E-state index is 10.1. The van der Waals surface area contributed by atoms with E-state index in [9.17, 15) is 5.11 Å². The molecule has 1 aliphatic rings. The van der Waals surface area contributed by atoms with Crippen molar-refractivity contribution in [3.05, 3.63) is 0 Å². The Bertz CT molecular complexity index is 152. The lowest BCUT2D eigenvalue weighted by Gasteiger charge is -2.30. The van der Waals surface area contributed by atoms with Gasteiger partial charge in [0.1, 0.15) is 0 Å². The second-order valence-corrected chi connectivity index (χ2v) is 6.16. The highest BCUT2D eigenvalue weighted by Gasteiger charge is 2.36. The Kier molecular flexibility index (Phi) is 4.11. The summed E-state index contributed by atoms with van der Waals surface area (Å²) in [6, 6.07) is 0. The van der Waals surface area contributed by atoms with E-state index in [1.54, 1.807) is 0 Å². The highest BCUT2D eigenvalue weighted by atomic mass is 32.2. The van der Waals surface area contributed by atoms with Crippen LogP contribution >= 0.6 is 11.8 Å². The van der Waals surface area contributed by atoms with Crippen molar-refractivity contribution in [2.24, 2.45) is 5.92 Å². The van der Waals surface area contributed by atoms with Gasteiger partial charge in [0, 0.05) is 4.75 Å². The fourth-order valence-electron chi connectivity index (χ4n) is 1.86. The molecule has 0 aromatic carbocycles. The third-order valence-electron chi connectivity index (χ3n) is 3.28. The predicted octanol–water partition coefficient (Wildman–Crippen LogP) is 3.07. The number of thioether (sulfide) groups is 1. The van der Waals surface area contributed by atoms with Crippen molar-refractivity contribution in [2.75, 3.05) is 5.75 Å². The van der Waals surface area contributed by atoms with Crippen molar-refractivity contribution in [3.63, 3.8) is 0 Å². The van der Waals surface area contributed by atoms with Crippen molar-refractivity contribution < 1.29 is 5.11 Å². The molecule has 1 heterocycles. The predicted molar refractivity (Wildman–Crippen MR) is 60.2 cm³/mol. The van der Waals surface area contributed by atoms with Crippen LogP contribution in [0.2, 0.25) is 0 Å². The summed E-state index contributed by atoms with van der Waals surface area (Å²) in [7, 11) is 0. The fraction of sp³-hybridized carbons (Fsp3) is 1.00. The molecule has 78 valence electrons. The van der Waals surface area contributed by atoms with Crippen LogP contribution in [-0.2, 0) is 0 Å². The third kappa shape index (κ3) is 2.88. The van der Waals surface area contributed by atoms with E-state index in [0.717, 1.165) is 6.42 Å². The van der Waals surface area contributed by atoms with Crippen LogP contribution in [0.5, 0.6) is 0 Å². The minimum atomic E-state index is -0.102. The Morgan fingerprint density at radius 2 is 2.23 bits per heavy atom. The number of aliphatic hydroxyl groups is 1. The highest BCUT2D eigenvalue weighted by molar-refractivity contribution is 8.00. The van der Waals surface area contributed by atoms with Crippen LogP contribution in [0.3, 0.4) is 0 Å². The van der Waals surface area contributed by atoms with Gasteiger partial charge in [-0.15, -0.1) is 0 Å². The number of rotatable bonds is 4. The molecule has 0 bridgehead atoms. The number of hydrogen-bond acceptors (Lipinski definition) is 2. The van der Waals surface area contributed by atoms with Crippen LogP contribution in [0.1, 0.15) is 46.5 Å². The Morgan fingerprint density at radius 3 is 2.69 bits per heavy atom. The summed E-state index contributed by atoms with van der Waals surface area (Å²) in [5.41, 5.74) is 0. The van der Waals surface area contributed by atoms with Gasteiger partial charge in [0.15, 0.2) is 0 Å². The zero-order chi connectivity index (χ0) is 9.90. The van der Waals surface area contributed by atoms with Gasteiger partial charge in [-0.25, -0.2) is 0 Å². The Hall–Kier alpha value is 0.310. The molecule has 0 spiro atoms. The molecule has 1 nitrogen and oxygen atoms in total. The Labute approximate surface area is 86.3 Å². The van der Waals surface area contributed by atoms with Crippen LogP contribution < -0.4 is 0 Å². The van der Waals surface area contributed by atoms with Crippen molar-refractivity contribution >= 4 is 11.8 Å². The first-order valence-electron chi connectivity index (χ1n) is 5.40. The number of aliphatic hydroxyl groups excluding tert-OH is 1. The van der Waals surface area contributed by atoms with Gasteiger partial charge in [-0.3, -0.25) is 0 Å². The molecule has 1 N–H and O–H groups in total. The summed E-state index contributed by atoms with van der Waals surface area (Å²) >= 11 is 1.96. The lowest BCUT2D eigenvalue weighted by Crippen LogP contribution is -2.34. The molecule has 0 aromatic rings. The van der Waals surface area contributed by atoms with Gasteiger partial charge in [-0.1, -0.05) is 20.3 Å². The zero-order valence-corrected chi connectivity index (χ0v) is 9.86. The molecule has 1 aliphatic heterocycles. The molecule has 1 rings (SSSR count). The molecule has 13 heavy (non-hydrogen) atoms. The van der Waals surface area contributed by atoms with Gasteiger partial charge < -0.3 is 5.11 Å². The van der Waals surface area contributed by atoms with E-state index >= 15 is 0 Å². The van der Waals surface area contributed by atoms with E-state index in [2.05, 4.69) is 20.8 Å². The third-order valence-corrected chi connectivity index (χ3v) is 4.91. The smallest absolute Gasteiger partial charge is 0.0686 e. The maximum Gasteiger partial charge on any atom is 0.0686 e. The van der Waals surface area contributed by atoms with Gasteiger partial charge in [-0.05, 0) is 37.9 Å². The summed E-state index contributed by atoms with van der Waals surface area (Å²) < 4.78 is 0.156. The summed E-state index contributed by atoms with van der Waals surface area (Å²) in [4.78, 5) is 0. The lowest BCUT2D eigenvalue weighted by molar-refractivity contribution is 0.107. The van der Waals surface area contributed by atoms with Crippen LogP contribution in [0.15, 0.2) is 0 Å². The van der Waals surface area contributed by atoms with Crippen molar-refractivity contribution in [1.82, 2.24) is 0 Å². The standard InChI is InChI=1S/C11H22OS/c1-4-9(2)8-10(12)11(3)6-5-7-13-11/h9-10,12H,4-8H2,1-3H3. The summed E-state index contributed by atoms with van der Waals surface area (Å²) in [6.07, 6.45) is 4.51. The molecule has 2 heteroatoms. The highest BCUT2D eigenvalue weighted by Crippen LogP contribution is 2.42. The first-order valence-corrected chi connectivity index (χ1v) is 6.39. The molecule has 3 unspecified atom stereocenters. The molecule has 0 aliphatic carbocycles. The molecule has 0 saturated carbocycles. The largest absolute Gasteiger partial charge is 0.392 e. The van der Waals surface area contributed by atoms with E-state index in [4.69, 9.17) is 0 Å². The zero-order valence-electron chi connectivity index (χ0n) is 9.05. The van der Waals surface area contributed by atoms with Crippen molar-refractivity contribution in [1.29, 1.82) is 0 Å². The van der Waals surface area contributed by atoms with Crippen molar-refractivity contribution in [3.8, 4) is 0 Å². The van der Waals surface area contributed by atoms with E-state index < -0.39 is 0 Å². The van der Waals surface area contributed by atoms with Gasteiger partial charge >= 0.3 is 0 Å². The SMILES string of the molecule is CCC(C)CC(O)C1(C)CCCS1. The molecule has 0 aromatic heterocycles. The topological polar surface area (TPSA) is 20.2 Å². The molecule has 1 fully saturated rings. The van der Waals surface area contributed by atoms with E-state index in [1.807, 2.05) is 11.8 Å².